The van der Waals surface area contributed by atoms with Crippen molar-refractivity contribution in [1.29, 1.82) is 0 Å². The Morgan fingerprint density at radius 1 is 1.86 bits per heavy atom. The zero-order chi connectivity index (χ0) is 5.70. The van der Waals surface area contributed by atoms with Crippen LogP contribution in [0, 0.1) is 16.7 Å². The van der Waals surface area contributed by atoms with Crippen LogP contribution >= 0.6 is 15.9 Å². The number of hydrogen-bond acceptors (Lipinski definition) is 1. The Balaban J connectivity index is 3.29. The molecular formula is C5H7BrO. The van der Waals surface area contributed by atoms with Crippen molar-refractivity contribution >= 4 is 15.9 Å². The van der Waals surface area contributed by atoms with Gasteiger partial charge in [0.2, 0.25) is 0 Å². The van der Waals surface area contributed by atoms with E-state index in [9.17, 15) is 0 Å². The van der Waals surface area contributed by atoms with E-state index in [0.717, 1.165) is 0 Å². The number of aliphatic hydroxyl groups is 1. The molecule has 0 aliphatic rings. The number of halogens is 1. The average Bonchev–Trinajstić information content (AvgIpc) is 1.68. The van der Waals surface area contributed by atoms with Gasteiger partial charge in [0, 0.05) is 21.8 Å². The fraction of sp³-hybridized carbons (Fsp3) is 0.600. The second-order valence-electron chi connectivity index (χ2n) is 1.32. The molecule has 1 nitrogen and oxygen atoms in total. The summed E-state index contributed by atoms with van der Waals surface area (Å²) in [6.45, 7) is 1.99. The summed E-state index contributed by atoms with van der Waals surface area (Å²) in [7, 11) is 0. The maximum Gasteiger partial charge on any atom is 0.0566 e. The molecule has 0 spiro atoms. The minimum absolute atomic E-state index is 0.0966. The summed E-state index contributed by atoms with van der Waals surface area (Å²) in [5.41, 5.74) is 0. The van der Waals surface area contributed by atoms with Gasteiger partial charge in [-0.2, -0.15) is 0 Å². The second-order valence-corrected chi connectivity index (χ2v) is 1.72. The molecule has 0 aliphatic heterocycles. The highest BCUT2D eigenvalue weighted by atomic mass is 79.9. The standard InChI is InChI=1S/C5H7BrO/c1-5(4-7)2-3-6/h5,7H,4H2,1H3. The predicted molar refractivity (Wildman–Crippen MR) is 33.0 cm³/mol. The van der Waals surface area contributed by atoms with Crippen LogP contribution in [0.2, 0.25) is 0 Å². The molecule has 1 atom stereocenters. The summed E-state index contributed by atoms with van der Waals surface area (Å²) in [5, 5.41) is 8.34. The van der Waals surface area contributed by atoms with Gasteiger partial charge in [-0.25, -0.2) is 0 Å². The van der Waals surface area contributed by atoms with Gasteiger partial charge >= 0.3 is 0 Å². The highest BCUT2D eigenvalue weighted by Crippen LogP contribution is 1.87. The molecule has 0 fully saturated rings. The first-order chi connectivity index (χ1) is 3.31. The average molecular weight is 163 g/mol. The topological polar surface area (TPSA) is 20.2 Å². The van der Waals surface area contributed by atoms with Gasteiger partial charge in [0.15, 0.2) is 0 Å². The second kappa shape index (κ2) is 4.17. The van der Waals surface area contributed by atoms with Crippen LogP contribution < -0.4 is 0 Å². The summed E-state index contributed by atoms with van der Waals surface area (Å²) < 4.78 is 0. The van der Waals surface area contributed by atoms with E-state index in [1.165, 1.54) is 0 Å². The fourth-order valence-electron chi connectivity index (χ4n) is 0.139. The van der Waals surface area contributed by atoms with Crippen LogP contribution in [0.5, 0.6) is 0 Å². The van der Waals surface area contributed by atoms with Gasteiger partial charge in [-0.15, -0.1) is 0 Å². The van der Waals surface area contributed by atoms with E-state index >= 15 is 0 Å². The number of rotatable bonds is 1. The van der Waals surface area contributed by atoms with Crippen molar-refractivity contribution in [2.24, 2.45) is 5.92 Å². The van der Waals surface area contributed by atoms with Crippen LogP contribution in [-0.4, -0.2) is 11.7 Å². The monoisotopic (exact) mass is 162 g/mol. The smallest absolute Gasteiger partial charge is 0.0566 e. The SMILES string of the molecule is CC(C#CBr)CO. The molecule has 2 heteroatoms. The molecule has 0 rings (SSSR count). The molecule has 0 aromatic carbocycles. The van der Waals surface area contributed by atoms with Crippen molar-refractivity contribution in [2.75, 3.05) is 6.61 Å². The Morgan fingerprint density at radius 3 is 2.57 bits per heavy atom. The maximum absolute atomic E-state index is 8.34. The van der Waals surface area contributed by atoms with Gasteiger partial charge in [-0.05, 0) is 11.8 Å². The highest BCUT2D eigenvalue weighted by molar-refractivity contribution is 9.12. The fourth-order valence-corrected chi connectivity index (χ4v) is 0.530. The quantitative estimate of drug-likeness (QED) is 0.571. The summed E-state index contributed by atoms with van der Waals surface area (Å²) in [6.07, 6.45) is 0. The van der Waals surface area contributed by atoms with Gasteiger partial charge in [-0.3, -0.25) is 0 Å². The molecule has 7 heavy (non-hydrogen) atoms. The van der Waals surface area contributed by atoms with E-state index in [0.29, 0.717) is 0 Å². The third-order valence-electron chi connectivity index (χ3n) is 0.575. The molecule has 0 bridgehead atoms. The van der Waals surface area contributed by atoms with Gasteiger partial charge < -0.3 is 5.11 Å². The molecule has 0 aliphatic carbocycles. The van der Waals surface area contributed by atoms with E-state index in [1.807, 2.05) is 6.92 Å². The Kier molecular flexibility index (Phi) is 4.17. The van der Waals surface area contributed by atoms with Crippen molar-refractivity contribution in [2.45, 2.75) is 6.92 Å². The van der Waals surface area contributed by atoms with E-state index < -0.39 is 0 Å². The van der Waals surface area contributed by atoms with Crippen molar-refractivity contribution < 1.29 is 5.11 Å². The zero-order valence-electron chi connectivity index (χ0n) is 4.11. The van der Waals surface area contributed by atoms with Gasteiger partial charge in [0.05, 0.1) is 6.61 Å². The molecular weight excluding hydrogens is 156 g/mol. The van der Waals surface area contributed by atoms with Crippen LogP contribution in [0.15, 0.2) is 0 Å². The number of hydrogen-bond donors (Lipinski definition) is 1. The first-order valence-corrected chi connectivity index (χ1v) is 2.82. The lowest BCUT2D eigenvalue weighted by Gasteiger charge is -1.90. The Labute approximate surface area is 51.9 Å². The molecule has 0 aromatic rings. The van der Waals surface area contributed by atoms with Crippen molar-refractivity contribution in [1.82, 2.24) is 0 Å². The minimum Gasteiger partial charge on any atom is -0.395 e. The predicted octanol–water partition coefficient (Wildman–Crippen LogP) is 0.971. The summed E-state index contributed by atoms with van der Waals surface area (Å²) in [5.74, 6) is 2.81. The maximum atomic E-state index is 8.34. The summed E-state index contributed by atoms with van der Waals surface area (Å²) in [6, 6.07) is 0. The molecule has 40 valence electrons. The van der Waals surface area contributed by atoms with Crippen LogP contribution in [-0.2, 0) is 0 Å². The first kappa shape index (κ1) is 7.00. The van der Waals surface area contributed by atoms with Crippen molar-refractivity contribution in [3.8, 4) is 10.8 Å². The third-order valence-corrected chi connectivity index (χ3v) is 0.804. The molecule has 1 N–H and O–H groups in total. The largest absolute Gasteiger partial charge is 0.395 e. The van der Waals surface area contributed by atoms with Crippen molar-refractivity contribution in [3.63, 3.8) is 0 Å². The van der Waals surface area contributed by atoms with Crippen LogP contribution in [0.3, 0.4) is 0 Å². The van der Waals surface area contributed by atoms with E-state index in [4.69, 9.17) is 5.11 Å². The molecule has 0 saturated carbocycles. The van der Waals surface area contributed by atoms with Crippen LogP contribution in [0.25, 0.3) is 0 Å². The Bertz CT molecular complexity index is 90.0. The lowest BCUT2D eigenvalue weighted by atomic mass is 10.2. The number of aliphatic hydroxyl groups excluding tert-OH is 1. The molecule has 1 unspecified atom stereocenters. The lowest BCUT2D eigenvalue weighted by Crippen LogP contribution is -1.94. The lowest BCUT2D eigenvalue weighted by molar-refractivity contribution is 0.266. The highest BCUT2D eigenvalue weighted by Gasteiger charge is 1.88. The summed E-state index contributed by atoms with van der Waals surface area (Å²) in [4.78, 5) is 2.52. The molecule has 0 saturated heterocycles. The van der Waals surface area contributed by atoms with Crippen molar-refractivity contribution in [3.05, 3.63) is 0 Å². The molecule has 0 radical (unpaired) electrons. The third kappa shape index (κ3) is 3.84. The summed E-state index contributed by atoms with van der Waals surface area (Å²) >= 11 is 2.92. The van der Waals surface area contributed by atoms with Gasteiger partial charge in [0.1, 0.15) is 0 Å². The Morgan fingerprint density at radius 2 is 2.43 bits per heavy atom. The molecule has 0 amide bonds. The van der Waals surface area contributed by atoms with Gasteiger partial charge in [-0.1, -0.05) is 5.92 Å². The minimum atomic E-state index is 0.0966. The molecule has 0 heterocycles. The zero-order valence-corrected chi connectivity index (χ0v) is 5.70. The Hall–Kier alpha value is -0.0000000000000000208. The molecule has 0 aromatic heterocycles. The first-order valence-electron chi connectivity index (χ1n) is 2.03. The van der Waals surface area contributed by atoms with Crippen LogP contribution in [0.1, 0.15) is 6.92 Å². The van der Waals surface area contributed by atoms with E-state index in [2.05, 4.69) is 26.7 Å². The van der Waals surface area contributed by atoms with Gasteiger partial charge in [0.25, 0.3) is 0 Å². The van der Waals surface area contributed by atoms with E-state index in [-0.39, 0.29) is 12.5 Å². The normalized spacial score (nSPS) is 11.9. The van der Waals surface area contributed by atoms with Crippen LogP contribution in [0.4, 0.5) is 0 Å². The van der Waals surface area contributed by atoms with E-state index in [1.54, 1.807) is 0 Å².